The standard InChI is InChI=1S/C10H10ClN3/c1-6-4-8(6)14-10-9(11)7(5-12)2-3-13-10/h2-3,6,8H,4H2,1H3,(H,13,14). The van der Waals surface area contributed by atoms with E-state index in [1.54, 1.807) is 12.3 Å². The number of halogens is 1. The van der Waals surface area contributed by atoms with Gasteiger partial charge in [0.25, 0.3) is 0 Å². The predicted octanol–water partition coefficient (Wildman–Crippen LogP) is 2.43. The second-order valence-corrected chi connectivity index (χ2v) is 3.97. The molecule has 0 radical (unpaired) electrons. The molecule has 2 rings (SSSR count). The second kappa shape index (κ2) is 3.47. The van der Waals surface area contributed by atoms with Crippen LogP contribution < -0.4 is 5.32 Å². The molecule has 1 fully saturated rings. The number of pyridine rings is 1. The Kier molecular flexibility index (Phi) is 2.30. The highest BCUT2D eigenvalue weighted by molar-refractivity contribution is 6.34. The first kappa shape index (κ1) is 9.29. The Balaban J connectivity index is 2.21. The minimum absolute atomic E-state index is 0.425. The lowest BCUT2D eigenvalue weighted by atomic mass is 10.3. The highest BCUT2D eigenvalue weighted by Gasteiger charge is 2.33. The van der Waals surface area contributed by atoms with E-state index < -0.39 is 0 Å². The van der Waals surface area contributed by atoms with Crippen LogP contribution in [0.4, 0.5) is 5.82 Å². The number of hydrogen-bond acceptors (Lipinski definition) is 3. The van der Waals surface area contributed by atoms with E-state index in [0.717, 1.165) is 6.42 Å². The van der Waals surface area contributed by atoms with Crippen LogP contribution in [0, 0.1) is 17.2 Å². The van der Waals surface area contributed by atoms with Crippen LogP contribution in [0.2, 0.25) is 5.02 Å². The first-order valence-electron chi connectivity index (χ1n) is 4.53. The van der Waals surface area contributed by atoms with Crippen LogP contribution in [0.25, 0.3) is 0 Å². The molecule has 1 aliphatic carbocycles. The highest BCUT2D eigenvalue weighted by atomic mass is 35.5. The summed E-state index contributed by atoms with van der Waals surface area (Å²) in [4.78, 5) is 4.11. The molecule has 1 aliphatic rings. The zero-order chi connectivity index (χ0) is 10.1. The molecule has 1 N–H and O–H groups in total. The maximum absolute atomic E-state index is 8.75. The molecule has 1 aromatic heterocycles. The summed E-state index contributed by atoms with van der Waals surface area (Å²) in [5, 5.41) is 12.4. The first-order chi connectivity index (χ1) is 6.72. The van der Waals surface area contributed by atoms with Crippen molar-refractivity contribution >= 4 is 17.4 Å². The normalized spacial score (nSPS) is 24.1. The van der Waals surface area contributed by atoms with E-state index in [0.29, 0.717) is 28.4 Å². The Morgan fingerprint density at radius 3 is 3.00 bits per heavy atom. The van der Waals surface area contributed by atoms with Gasteiger partial charge < -0.3 is 5.32 Å². The molecule has 1 saturated carbocycles. The summed E-state index contributed by atoms with van der Waals surface area (Å²) < 4.78 is 0. The average molecular weight is 208 g/mol. The van der Waals surface area contributed by atoms with E-state index in [2.05, 4.69) is 17.2 Å². The molecule has 0 spiro atoms. The van der Waals surface area contributed by atoms with Gasteiger partial charge in [-0.15, -0.1) is 0 Å². The summed E-state index contributed by atoms with van der Waals surface area (Å²) >= 11 is 5.98. The molecule has 1 heterocycles. The summed E-state index contributed by atoms with van der Waals surface area (Å²) in [6, 6.07) is 4.11. The van der Waals surface area contributed by atoms with Crippen molar-refractivity contribution in [2.45, 2.75) is 19.4 Å². The van der Waals surface area contributed by atoms with Gasteiger partial charge in [0.15, 0.2) is 0 Å². The van der Waals surface area contributed by atoms with Gasteiger partial charge in [0.2, 0.25) is 0 Å². The van der Waals surface area contributed by atoms with E-state index in [1.165, 1.54) is 0 Å². The van der Waals surface area contributed by atoms with Gasteiger partial charge in [-0.25, -0.2) is 4.98 Å². The fourth-order valence-corrected chi connectivity index (χ4v) is 1.54. The lowest BCUT2D eigenvalue weighted by Crippen LogP contribution is -2.06. The van der Waals surface area contributed by atoms with Crippen molar-refractivity contribution in [1.29, 1.82) is 5.26 Å². The minimum atomic E-state index is 0.425. The Hall–Kier alpha value is -1.27. The molecule has 0 bridgehead atoms. The van der Waals surface area contributed by atoms with Crippen molar-refractivity contribution in [3.05, 3.63) is 22.8 Å². The topological polar surface area (TPSA) is 48.7 Å². The Labute approximate surface area is 87.7 Å². The smallest absolute Gasteiger partial charge is 0.146 e. The Bertz CT molecular complexity index is 397. The van der Waals surface area contributed by atoms with E-state index in [9.17, 15) is 0 Å². The highest BCUT2D eigenvalue weighted by Crippen LogP contribution is 2.34. The van der Waals surface area contributed by atoms with Crippen molar-refractivity contribution < 1.29 is 0 Å². The Morgan fingerprint density at radius 1 is 1.71 bits per heavy atom. The van der Waals surface area contributed by atoms with Gasteiger partial charge in [-0.05, 0) is 18.4 Å². The fraction of sp³-hybridized carbons (Fsp3) is 0.400. The van der Waals surface area contributed by atoms with Crippen LogP contribution in [0.1, 0.15) is 18.9 Å². The SMILES string of the molecule is CC1CC1Nc1nccc(C#N)c1Cl. The van der Waals surface area contributed by atoms with Crippen molar-refractivity contribution in [2.75, 3.05) is 5.32 Å². The van der Waals surface area contributed by atoms with Gasteiger partial charge in [-0.3, -0.25) is 0 Å². The molecule has 1 aromatic rings. The van der Waals surface area contributed by atoms with E-state index in [4.69, 9.17) is 16.9 Å². The summed E-state index contributed by atoms with van der Waals surface area (Å²) in [7, 11) is 0. The lowest BCUT2D eigenvalue weighted by Gasteiger charge is -2.06. The number of hydrogen-bond donors (Lipinski definition) is 1. The van der Waals surface area contributed by atoms with Crippen LogP contribution >= 0.6 is 11.6 Å². The predicted molar refractivity (Wildman–Crippen MR) is 55.2 cm³/mol. The van der Waals surface area contributed by atoms with Crippen LogP contribution in [-0.4, -0.2) is 11.0 Å². The van der Waals surface area contributed by atoms with Crippen molar-refractivity contribution in [2.24, 2.45) is 5.92 Å². The molecule has 4 heteroatoms. The number of nitrogens with zero attached hydrogens (tertiary/aromatic N) is 2. The minimum Gasteiger partial charge on any atom is -0.366 e. The Morgan fingerprint density at radius 2 is 2.43 bits per heavy atom. The number of nitriles is 1. The van der Waals surface area contributed by atoms with E-state index in [-0.39, 0.29) is 0 Å². The molecule has 0 aromatic carbocycles. The third-order valence-corrected chi connectivity index (χ3v) is 2.82. The third-order valence-electron chi connectivity index (χ3n) is 2.44. The van der Waals surface area contributed by atoms with Crippen LogP contribution in [0.3, 0.4) is 0 Å². The molecule has 0 amide bonds. The summed E-state index contributed by atoms with van der Waals surface area (Å²) in [5.41, 5.74) is 0.470. The maximum atomic E-state index is 8.75. The van der Waals surface area contributed by atoms with Crippen molar-refractivity contribution in [1.82, 2.24) is 4.98 Å². The summed E-state index contributed by atoms with van der Waals surface area (Å²) in [6.45, 7) is 2.17. The van der Waals surface area contributed by atoms with Gasteiger partial charge in [-0.1, -0.05) is 18.5 Å². The number of anilines is 1. The molecular formula is C10H10ClN3. The van der Waals surface area contributed by atoms with Gasteiger partial charge in [0, 0.05) is 12.2 Å². The molecule has 0 aliphatic heterocycles. The van der Waals surface area contributed by atoms with Crippen molar-refractivity contribution in [3.8, 4) is 6.07 Å². The molecule has 2 atom stereocenters. The summed E-state index contributed by atoms with van der Waals surface area (Å²) in [6.07, 6.45) is 2.74. The van der Waals surface area contributed by atoms with Crippen molar-refractivity contribution in [3.63, 3.8) is 0 Å². The van der Waals surface area contributed by atoms with Gasteiger partial charge in [-0.2, -0.15) is 5.26 Å². The van der Waals surface area contributed by atoms with Gasteiger partial charge in [0.05, 0.1) is 5.56 Å². The fourth-order valence-electron chi connectivity index (χ4n) is 1.33. The molecular weight excluding hydrogens is 198 g/mol. The van der Waals surface area contributed by atoms with Gasteiger partial charge in [0.1, 0.15) is 16.9 Å². The molecule has 3 nitrogen and oxygen atoms in total. The zero-order valence-electron chi connectivity index (χ0n) is 7.79. The number of nitrogens with one attached hydrogen (secondary N) is 1. The molecule has 2 unspecified atom stereocenters. The van der Waals surface area contributed by atoms with Gasteiger partial charge >= 0.3 is 0 Å². The number of aromatic nitrogens is 1. The first-order valence-corrected chi connectivity index (χ1v) is 4.91. The molecule has 0 saturated heterocycles. The van der Waals surface area contributed by atoms with Crippen LogP contribution in [0.15, 0.2) is 12.3 Å². The largest absolute Gasteiger partial charge is 0.366 e. The van der Waals surface area contributed by atoms with E-state index in [1.807, 2.05) is 6.07 Å². The van der Waals surface area contributed by atoms with Crippen LogP contribution in [0.5, 0.6) is 0 Å². The average Bonchev–Trinajstić information content (AvgIpc) is 2.86. The van der Waals surface area contributed by atoms with Crippen LogP contribution in [-0.2, 0) is 0 Å². The summed E-state index contributed by atoms with van der Waals surface area (Å²) in [5.74, 6) is 1.30. The maximum Gasteiger partial charge on any atom is 0.146 e. The quantitative estimate of drug-likeness (QED) is 0.811. The van der Waals surface area contributed by atoms with E-state index >= 15 is 0 Å². The monoisotopic (exact) mass is 207 g/mol. The lowest BCUT2D eigenvalue weighted by molar-refractivity contribution is 0.923. The molecule has 72 valence electrons. The molecule has 14 heavy (non-hydrogen) atoms. The number of rotatable bonds is 2. The second-order valence-electron chi connectivity index (χ2n) is 3.60. The third kappa shape index (κ3) is 1.66. The zero-order valence-corrected chi connectivity index (χ0v) is 8.54.